The van der Waals surface area contributed by atoms with Crippen LogP contribution in [-0.2, 0) is 14.3 Å². The summed E-state index contributed by atoms with van der Waals surface area (Å²) in [6.07, 6.45) is 15.5. The molecule has 1 heterocycles. The second-order valence-corrected chi connectivity index (χ2v) is 11.8. The maximum absolute atomic E-state index is 12.5. The van der Waals surface area contributed by atoms with Gasteiger partial charge in [-0.25, -0.2) is 0 Å². The van der Waals surface area contributed by atoms with Gasteiger partial charge in [0.15, 0.2) is 5.78 Å². The Morgan fingerprint density at radius 3 is 2.62 bits per heavy atom. The van der Waals surface area contributed by atoms with Gasteiger partial charge in [0.05, 0.1) is 6.42 Å². The molecule has 176 valence electrons. The number of ether oxygens (including phenoxy) is 1. The van der Waals surface area contributed by atoms with Gasteiger partial charge in [-0.05, 0) is 118 Å². The molecule has 0 radical (unpaired) electrons. The van der Waals surface area contributed by atoms with E-state index in [-0.39, 0.29) is 17.2 Å². The third kappa shape index (κ3) is 3.71. The summed E-state index contributed by atoms with van der Waals surface area (Å²) in [4.78, 5) is 27.1. The summed E-state index contributed by atoms with van der Waals surface area (Å²) >= 11 is 0. The van der Waals surface area contributed by atoms with Gasteiger partial charge < -0.3 is 9.64 Å². The van der Waals surface area contributed by atoms with Crippen molar-refractivity contribution in [3.8, 4) is 0 Å². The van der Waals surface area contributed by atoms with Gasteiger partial charge in [0, 0.05) is 13.0 Å². The second kappa shape index (κ2) is 8.42. The van der Waals surface area contributed by atoms with Gasteiger partial charge in [-0.15, -0.1) is 0 Å². The van der Waals surface area contributed by atoms with E-state index in [1.807, 2.05) is 0 Å². The molecule has 5 aliphatic rings. The third-order valence-electron chi connectivity index (χ3n) is 10.3. The number of hydrogen-bond donors (Lipinski definition) is 0. The van der Waals surface area contributed by atoms with Crippen molar-refractivity contribution in [2.45, 2.75) is 85.0 Å². The van der Waals surface area contributed by atoms with Gasteiger partial charge in [0.1, 0.15) is 5.76 Å². The Hall–Kier alpha value is -1.42. The first kappa shape index (κ1) is 22.4. The molecule has 4 nitrogen and oxygen atoms in total. The van der Waals surface area contributed by atoms with Crippen molar-refractivity contribution >= 4 is 11.8 Å². The molecule has 4 heteroatoms. The average molecular weight is 440 g/mol. The molecule has 3 fully saturated rings. The Labute approximate surface area is 193 Å². The van der Waals surface area contributed by atoms with Gasteiger partial charge in [-0.3, -0.25) is 9.59 Å². The first-order chi connectivity index (χ1) is 15.3. The smallest absolute Gasteiger partial charge is 0.312 e. The number of carbonyl (C=O) groups is 2. The largest absolute Gasteiger partial charge is 0.431 e. The number of nitrogens with zero attached hydrogens (tertiary/aromatic N) is 1. The second-order valence-electron chi connectivity index (χ2n) is 11.8. The molecule has 1 saturated heterocycles. The molecule has 5 rings (SSSR count). The first-order valence-corrected chi connectivity index (χ1v) is 13.2. The standard InChI is InChI=1S/C28H41NO3/c1-19(30)23-8-9-24-22-7-6-20-18-21(32-26(31)12-17-29-15-4-5-16-29)10-13-27(20,2)25(22)11-14-28(23,24)3/h8,18,20,22,24-25H,4-7,9-17H2,1-3H3/t20-,22-,24-,25-,27+,28+/m1/s1. The molecule has 4 aliphatic carbocycles. The molecular formula is C28H41NO3. The minimum atomic E-state index is -0.0531. The minimum absolute atomic E-state index is 0.0531. The number of esters is 1. The van der Waals surface area contributed by atoms with Gasteiger partial charge in [-0.1, -0.05) is 19.9 Å². The molecule has 0 spiro atoms. The number of fused-ring (bicyclic) bond motifs is 5. The van der Waals surface area contributed by atoms with Crippen molar-refractivity contribution in [3.63, 3.8) is 0 Å². The maximum Gasteiger partial charge on any atom is 0.312 e. The number of ketones is 1. The SMILES string of the molecule is CC(=O)C1=CC[C@@H]2[C@H]3CC[C@@H]4C=C(OC(=O)CCN5CCCC5)CC[C@]4(C)[C@@H]3CC[C@@]12C. The Kier molecular flexibility index (Phi) is 5.89. The molecule has 1 aliphatic heterocycles. The number of hydrogen-bond acceptors (Lipinski definition) is 4. The number of allylic oxidation sites excluding steroid dienone is 4. The van der Waals surface area contributed by atoms with Gasteiger partial charge in [0.2, 0.25) is 0 Å². The summed E-state index contributed by atoms with van der Waals surface area (Å²) in [5, 5.41) is 0. The van der Waals surface area contributed by atoms with Crippen LogP contribution in [-0.4, -0.2) is 36.3 Å². The van der Waals surface area contributed by atoms with Crippen LogP contribution in [0.15, 0.2) is 23.5 Å². The molecule has 0 N–H and O–H groups in total. The van der Waals surface area contributed by atoms with Crippen molar-refractivity contribution < 1.29 is 14.3 Å². The fraction of sp³-hybridized carbons (Fsp3) is 0.786. The van der Waals surface area contributed by atoms with Crippen molar-refractivity contribution in [2.24, 2.45) is 34.5 Å². The van der Waals surface area contributed by atoms with Crippen LogP contribution < -0.4 is 0 Å². The monoisotopic (exact) mass is 439 g/mol. The molecule has 0 unspecified atom stereocenters. The Morgan fingerprint density at radius 1 is 1.09 bits per heavy atom. The molecule has 0 aromatic carbocycles. The lowest BCUT2D eigenvalue weighted by atomic mass is 9.45. The predicted octanol–water partition coefficient (Wildman–Crippen LogP) is 5.68. The van der Waals surface area contributed by atoms with Crippen LogP contribution in [0, 0.1) is 34.5 Å². The van der Waals surface area contributed by atoms with E-state index >= 15 is 0 Å². The zero-order valence-electron chi connectivity index (χ0n) is 20.3. The fourth-order valence-corrected chi connectivity index (χ4v) is 8.48. The Balaban J connectivity index is 1.24. The summed E-state index contributed by atoms with van der Waals surface area (Å²) in [5.74, 6) is 3.76. The lowest BCUT2D eigenvalue weighted by molar-refractivity contribution is -0.141. The Morgan fingerprint density at radius 2 is 1.88 bits per heavy atom. The van der Waals surface area contributed by atoms with Crippen molar-refractivity contribution in [3.05, 3.63) is 23.5 Å². The van der Waals surface area contributed by atoms with E-state index in [2.05, 4.69) is 30.9 Å². The number of carbonyl (C=O) groups excluding carboxylic acids is 2. The van der Waals surface area contributed by atoms with E-state index in [1.165, 1.54) is 32.1 Å². The maximum atomic E-state index is 12.5. The van der Waals surface area contributed by atoms with Crippen molar-refractivity contribution in [1.82, 2.24) is 4.90 Å². The van der Waals surface area contributed by atoms with E-state index in [1.54, 1.807) is 6.92 Å². The van der Waals surface area contributed by atoms with Crippen LogP contribution >= 0.6 is 0 Å². The molecular weight excluding hydrogens is 398 g/mol. The number of likely N-dealkylation sites (tertiary alicyclic amines) is 1. The van der Waals surface area contributed by atoms with Crippen molar-refractivity contribution in [2.75, 3.05) is 19.6 Å². The zero-order chi connectivity index (χ0) is 22.5. The average Bonchev–Trinajstić information content (AvgIpc) is 3.39. The lowest BCUT2D eigenvalue weighted by Gasteiger charge is -2.59. The highest BCUT2D eigenvalue weighted by Crippen LogP contribution is 2.66. The third-order valence-corrected chi connectivity index (χ3v) is 10.3. The van der Waals surface area contributed by atoms with E-state index in [4.69, 9.17) is 4.74 Å². The number of rotatable bonds is 5. The van der Waals surface area contributed by atoms with Crippen LogP contribution in [0.3, 0.4) is 0 Å². The van der Waals surface area contributed by atoms with Gasteiger partial charge >= 0.3 is 5.97 Å². The summed E-state index contributed by atoms with van der Waals surface area (Å²) in [6.45, 7) is 9.72. The van der Waals surface area contributed by atoms with E-state index < -0.39 is 0 Å². The van der Waals surface area contributed by atoms with Gasteiger partial charge in [0.25, 0.3) is 0 Å². The molecule has 0 amide bonds. The van der Waals surface area contributed by atoms with Crippen LogP contribution in [0.5, 0.6) is 0 Å². The van der Waals surface area contributed by atoms with Crippen LogP contribution in [0.2, 0.25) is 0 Å². The molecule has 2 saturated carbocycles. The van der Waals surface area contributed by atoms with Crippen molar-refractivity contribution in [1.29, 1.82) is 0 Å². The highest BCUT2D eigenvalue weighted by atomic mass is 16.5. The van der Waals surface area contributed by atoms with Crippen LogP contribution in [0.25, 0.3) is 0 Å². The number of Topliss-reactive ketones (excluding diaryl/α,β-unsaturated/α-hetero) is 1. The summed E-state index contributed by atoms with van der Waals surface area (Å²) in [6, 6.07) is 0. The zero-order valence-corrected chi connectivity index (χ0v) is 20.3. The highest BCUT2D eigenvalue weighted by Gasteiger charge is 2.58. The van der Waals surface area contributed by atoms with E-state index in [9.17, 15) is 9.59 Å². The quantitative estimate of drug-likeness (QED) is 0.517. The molecule has 0 aromatic heterocycles. The summed E-state index contributed by atoms with van der Waals surface area (Å²) in [5.41, 5.74) is 1.51. The normalized spacial score (nSPS) is 41.2. The molecule has 0 aromatic rings. The lowest BCUT2D eigenvalue weighted by Crippen LogP contribution is -2.52. The van der Waals surface area contributed by atoms with E-state index in [0.29, 0.717) is 23.7 Å². The topological polar surface area (TPSA) is 46.6 Å². The summed E-state index contributed by atoms with van der Waals surface area (Å²) in [7, 11) is 0. The molecule has 6 atom stereocenters. The highest BCUT2D eigenvalue weighted by molar-refractivity contribution is 5.95. The van der Waals surface area contributed by atoms with Crippen LogP contribution in [0.4, 0.5) is 0 Å². The fourth-order valence-electron chi connectivity index (χ4n) is 8.48. The molecule has 32 heavy (non-hydrogen) atoms. The van der Waals surface area contributed by atoms with Gasteiger partial charge in [-0.2, -0.15) is 0 Å². The van der Waals surface area contributed by atoms with Crippen LogP contribution in [0.1, 0.15) is 85.0 Å². The molecule has 0 bridgehead atoms. The first-order valence-electron chi connectivity index (χ1n) is 13.2. The Bertz CT molecular complexity index is 838. The summed E-state index contributed by atoms with van der Waals surface area (Å²) < 4.78 is 5.86. The predicted molar refractivity (Wildman–Crippen MR) is 126 cm³/mol. The minimum Gasteiger partial charge on any atom is -0.431 e. The van der Waals surface area contributed by atoms with E-state index in [0.717, 1.165) is 68.5 Å².